The molecular formula is C23H31N7O. The quantitative estimate of drug-likeness (QED) is 0.794. The number of carbonyl (C=O) groups is 1. The van der Waals surface area contributed by atoms with Gasteiger partial charge in [-0.2, -0.15) is 0 Å². The van der Waals surface area contributed by atoms with E-state index in [1.165, 1.54) is 25.7 Å². The number of aryl methyl sites for hydroxylation is 1. The summed E-state index contributed by atoms with van der Waals surface area (Å²) in [5.41, 5.74) is 1.51. The lowest BCUT2D eigenvalue weighted by atomic mass is 9.79. The molecule has 2 saturated heterocycles. The van der Waals surface area contributed by atoms with Crippen LogP contribution in [0.15, 0.2) is 24.8 Å². The van der Waals surface area contributed by atoms with E-state index in [0.717, 1.165) is 68.2 Å². The average Bonchev–Trinajstić information content (AvgIpc) is 3.64. The van der Waals surface area contributed by atoms with Gasteiger partial charge in [-0.1, -0.05) is 0 Å². The molecule has 5 rings (SSSR count). The van der Waals surface area contributed by atoms with Gasteiger partial charge in [0, 0.05) is 44.6 Å². The molecule has 0 aromatic carbocycles. The minimum Gasteiger partial charge on any atom is -0.355 e. The smallest absolute Gasteiger partial charge is 0.271 e. The fraction of sp³-hybridized carbons (Fsp3) is 0.609. The van der Waals surface area contributed by atoms with Gasteiger partial charge in [-0.05, 0) is 62.8 Å². The summed E-state index contributed by atoms with van der Waals surface area (Å²) in [5, 5.41) is 2.96. The van der Waals surface area contributed by atoms with Crippen molar-refractivity contribution in [3.63, 3.8) is 0 Å². The van der Waals surface area contributed by atoms with Crippen molar-refractivity contribution < 1.29 is 4.79 Å². The maximum absolute atomic E-state index is 12.1. The molecule has 2 aromatic rings. The number of nitrogens with zero attached hydrogens (tertiary/aromatic N) is 6. The standard InChI is InChI=1S/C23H31N7O/c1-16-12-26-23(27-13-16)30-10-6-18(7-11-30)17-4-8-29(9-5-17)21-15-24-20(14-25-21)22(31)28-19-2-3-19/h12-15,17-19H,2-11H2,1H3,(H,28,31). The lowest BCUT2D eigenvalue weighted by molar-refractivity contribution is 0.0945. The van der Waals surface area contributed by atoms with Crippen molar-refractivity contribution in [2.45, 2.75) is 51.5 Å². The monoisotopic (exact) mass is 421 g/mol. The Balaban J connectivity index is 1.10. The Kier molecular flexibility index (Phi) is 5.70. The van der Waals surface area contributed by atoms with E-state index in [0.29, 0.717) is 11.7 Å². The van der Waals surface area contributed by atoms with Crippen LogP contribution < -0.4 is 15.1 Å². The Bertz CT molecular complexity index is 881. The normalized spacial score (nSPS) is 20.7. The summed E-state index contributed by atoms with van der Waals surface area (Å²) in [6, 6.07) is 0.337. The van der Waals surface area contributed by atoms with Crippen LogP contribution in [0.25, 0.3) is 0 Å². The zero-order chi connectivity index (χ0) is 21.2. The van der Waals surface area contributed by atoms with Crippen LogP contribution in [0.1, 0.15) is 54.6 Å². The van der Waals surface area contributed by atoms with Gasteiger partial charge in [0.15, 0.2) is 0 Å². The topological polar surface area (TPSA) is 87.1 Å². The van der Waals surface area contributed by atoms with Gasteiger partial charge in [-0.3, -0.25) is 4.79 Å². The molecule has 0 atom stereocenters. The number of carbonyl (C=O) groups excluding carboxylic acids is 1. The molecule has 0 radical (unpaired) electrons. The molecule has 8 heteroatoms. The van der Waals surface area contributed by atoms with E-state index in [1.807, 2.05) is 19.3 Å². The van der Waals surface area contributed by atoms with Gasteiger partial charge in [-0.25, -0.2) is 19.9 Å². The van der Waals surface area contributed by atoms with Crippen molar-refractivity contribution in [1.29, 1.82) is 0 Å². The van der Waals surface area contributed by atoms with Crippen molar-refractivity contribution in [2.75, 3.05) is 36.0 Å². The summed E-state index contributed by atoms with van der Waals surface area (Å²) in [4.78, 5) is 34.6. The summed E-state index contributed by atoms with van der Waals surface area (Å²) in [5.74, 6) is 3.19. The zero-order valence-corrected chi connectivity index (χ0v) is 18.2. The van der Waals surface area contributed by atoms with Crippen LogP contribution in [0, 0.1) is 18.8 Å². The van der Waals surface area contributed by atoms with Crippen molar-refractivity contribution in [3.8, 4) is 0 Å². The second-order valence-corrected chi connectivity index (χ2v) is 9.22. The molecule has 3 fully saturated rings. The van der Waals surface area contributed by atoms with Crippen molar-refractivity contribution in [2.24, 2.45) is 11.8 Å². The van der Waals surface area contributed by atoms with E-state index in [4.69, 9.17) is 0 Å². The molecule has 2 aromatic heterocycles. The molecule has 1 aliphatic carbocycles. The first-order chi connectivity index (χ1) is 15.2. The molecule has 0 unspecified atom stereocenters. The van der Waals surface area contributed by atoms with Gasteiger partial charge >= 0.3 is 0 Å². The van der Waals surface area contributed by atoms with E-state index in [1.54, 1.807) is 12.4 Å². The summed E-state index contributed by atoms with van der Waals surface area (Å²) in [6.07, 6.45) is 14.1. The van der Waals surface area contributed by atoms with Crippen LogP contribution in [0.4, 0.5) is 11.8 Å². The molecule has 1 amide bonds. The summed E-state index contributed by atoms with van der Waals surface area (Å²) in [7, 11) is 0. The fourth-order valence-electron chi connectivity index (χ4n) is 4.81. The van der Waals surface area contributed by atoms with Crippen molar-refractivity contribution >= 4 is 17.7 Å². The fourth-order valence-corrected chi connectivity index (χ4v) is 4.81. The van der Waals surface area contributed by atoms with E-state index >= 15 is 0 Å². The van der Waals surface area contributed by atoms with E-state index in [-0.39, 0.29) is 5.91 Å². The maximum Gasteiger partial charge on any atom is 0.271 e. The highest BCUT2D eigenvalue weighted by molar-refractivity contribution is 5.92. The third-order valence-electron chi connectivity index (χ3n) is 6.90. The van der Waals surface area contributed by atoms with Crippen LogP contribution in [-0.2, 0) is 0 Å². The largest absolute Gasteiger partial charge is 0.355 e. The highest BCUT2D eigenvalue weighted by atomic mass is 16.2. The second-order valence-electron chi connectivity index (χ2n) is 9.22. The number of anilines is 2. The predicted octanol–water partition coefficient (Wildman–Crippen LogP) is 2.60. The Hall–Kier alpha value is -2.77. The molecule has 1 saturated carbocycles. The van der Waals surface area contributed by atoms with Crippen LogP contribution in [0.3, 0.4) is 0 Å². The van der Waals surface area contributed by atoms with Crippen LogP contribution in [0.2, 0.25) is 0 Å². The number of amides is 1. The number of hydrogen-bond acceptors (Lipinski definition) is 7. The number of hydrogen-bond donors (Lipinski definition) is 1. The lowest BCUT2D eigenvalue weighted by Gasteiger charge is -2.40. The van der Waals surface area contributed by atoms with Gasteiger partial charge in [0.05, 0.1) is 12.4 Å². The van der Waals surface area contributed by atoms with Gasteiger partial charge in [0.1, 0.15) is 11.5 Å². The van der Waals surface area contributed by atoms with Gasteiger partial charge in [0.2, 0.25) is 5.95 Å². The van der Waals surface area contributed by atoms with E-state index in [9.17, 15) is 4.79 Å². The summed E-state index contributed by atoms with van der Waals surface area (Å²) >= 11 is 0. The number of nitrogens with one attached hydrogen (secondary N) is 1. The molecule has 8 nitrogen and oxygen atoms in total. The Morgan fingerprint density at radius 1 is 0.806 bits per heavy atom. The molecule has 0 bridgehead atoms. The summed E-state index contributed by atoms with van der Waals surface area (Å²) in [6.45, 7) is 6.13. The first-order valence-electron chi connectivity index (χ1n) is 11.6. The third kappa shape index (κ3) is 4.78. The second kappa shape index (κ2) is 8.77. The molecule has 4 heterocycles. The van der Waals surface area contributed by atoms with Crippen LogP contribution >= 0.6 is 0 Å². The maximum atomic E-state index is 12.1. The highest BCUT2D eigenvalue weighted by Gasteiger charge is 2.31. The van der Waals surface area contributed by atoms with Crippen LogP contribution in [-0.4, -0.2) is 58.1 Å². The molecule has 3 aliphatic rings. The molecule has 164 valence electrons. The van der Waals surface area contributed by atoms with Gasteiger partial charge in [-0.15, -0.1) is 0 Å². The molecule has 31 heavy (non-hydrogen) atoms. The number of piperidine rings is 2. The number of aromatic nitrogens is 4. The van der Waals surface area contributed by atoms with Gasteiger partial charge in [0.25, 0.3) is 5.91 Å². The zero-order valence-electron chi connectivity index (χ0n) is 18.2. The predicted molar refractivity (Wildman–Crippen MR) is 119 cm³/mol. The van der Waals surface area contributed by atoms with E-state index in [2.05, 4.69) is 35.1 Å². The molecule has 1 N–H and O–H groups in total. The van der Waals surface area contributed by atoms with Crippen LogP contribution in [0.5, 0.6) is 0 Å². The average molecular weight is 422 g/mol. The third-order valence-corrected chi connectivity index (χ3v) is 6.90. The lowest BCUT2D eigenvalue weighted by Crippen LogP contribution is -2.41. The summed E-state index contributed by atoms with van der Waals surface area (Å²) < 4.78 is 0. The first kappa shape index (κ1) is 20.2. The minimum absolute atomic E-state index is 0.109. The molecule has 0 spiro atoms. The van der Waals surface area contributed by atoms with Gasteiger partial charge < -0.3 is 15.1 Å². The Morgan fingerprint density at radius 3 is 1.97 bits per heavy atom. The Labute approximate surface area is 183 Å². The highest BCUT2D eigenvalue weighted by Crippen LogP contribution is 2.34. The molecule has 2 aliphatic heterocycles. The Morgan fingerprint density at radius 2 is 1.42 bits per heavy atom. The SMILES string of the molecule is Cc1cnc(N2CCC(C3CCN(c4cnc(C(=O)NC5CC5)cn4)CC3)CC2)nc1. The van der Waals surface area contributed by atoms with Crippen molar-refractivity contribution in [1.82, 2.24) is 25.3 Å². The van der Waals surface area contributed by atoms with E-state index < -0.39 is 0 Å². The molecular weight excluding hydrogens is 390 g/mol. The minimum atomic E-state index is -0.109. The van der Waals surface area contributed by atoms with Crippen molar-refractivity contribution in [3.05, 3.63) is 36.0 Å². The first-order valence-corrected chi connectivity index (χ1v) is 11.6. The number of rotatable bonds is 5.